The summed E-state index contributed by atoms with van der Waals surface area (Å²) in [4.78, 5) is 4.82. The molecule has 0 saturated carbocycles. The molecular formula is C25H26N2O. The maximum absolute atomic E-state index is 5.98. The van der Waals surface area contributed by atoms with Crippen molar-refractivity contribution in [2.45, 2.75) is 39.3 Å². The van der Waals surface area contributed by atoms with E-state index in [-0.39, 0.29) is 5.41 Å². The number of aromatic nitrogens is 2. The number of rotatable bonds is 5. The van der Waals surface area contributed by atoms with E-state index in [1.54, 1.807) is 0 Å². The van der Waals surface area contributed by atoms with Gasteiger partial charge in [0.2, 0.25) is 0 Å². The largest absolute Gasteiger partial charge is 0.486 e. The SMILES string of the molecule is CC(C)(C)c1ccc(Cn2c(COc3ccccc3)nc3ccccc32)cc1. The first-order valence-electron chi connectivity index (χ1n) is 9.72. The second-order valence-electron chi connectivity index (χ2n) is 8.15. The molecule has 0 aliphatic carbocycles. The number of hydrogen-bond acceptors (Lipinski definition) is 2. The standard InChI is InChI=1S/C25H26N2O/c1-25(2,3)20-15-13-19(14-16-20)17-27-23-12-8-7-11-22(23)26-24(27)18-28-21-9-5-4-6-10-21/h4-16H,17-18H2,1-3H3. The van der Waals surface area contributed by atoms with Crippen LogP contribution in [0.5, 0.6) is 5.75 Å². The molecule has 0 saturated heterocycles. The summed E-state index contributed by atoms with van der Waals surface area (Å²) in [6.07, 6.45) is 0. The van der Waals surface area contributed by atoms with E-state index in [1.165, 1.54) is 11.1 Å². The fraction of sp³-hybridized carbons (Fsp3) is 0.240. The zero-order chi connectivity index (χ0) is 19.6. The molecule has 28 heavy (non-hydrogen) atoms. The minimum Gasteiger partial charge on any atom is -0.486 e. The maximum atomic E-state index is 5.98. The molecule has 0 aliphatic rings. The first-order chi connectivity index (χ1) is 13.5. The van der Waals surface area contributed by atoms with Crippen LogP contribution in [0.25, 0.3) is 11.0 Å². The van der Waals surface area contributed by atoms with Crippen LogP contribution in [0.3, 0.4) is 0 Å². The molecular weight excluding hydrogens is 344 g/mol. The summed E-state index contributed by atoms with van der Waals surface area (Å²) in [5, 5.41) is 0. The van der Waals surface area contributed by atoms with E-state index in [0.29, 0.717) is 6.61 Å². The highest BCUT2D eigenvalue weighted by Gasteiger charge is 2.14. The number of benzene rings is 3. The van der Waals surface area contributed by atoms with E-state index in [1.807, 2.05) is 36.4 Å². The first kappa shape index (κ1) is 18.3. The smallest absolute Gasteiger partial charge is 0.148 e. The predicted molar refractivity (Wildman–Crippen MR) is 115 cm³/mol. The van der Waals surface area contributed by atoms with Crippen LogP contribution in [0.1, 0.15) is 37.7 Å². The Morgan fingerprint density at radius 1 is 0.821 bits per heavy atom. The molecule has 3 nitrogen and oxygen atoms in total. The van der Waals surface area contributed by atoms with E-state index in [0.717, 1.165) is 29.2 Å². The van der Waals surface area contributed by atoms with Crippen LogP contribution < -0.4 is 4.74 Å². The Hall–Kier alpha value is -3.07. The van der Waals surface area contributed by atoms with Gasteiger partial charge in [0.25, 0.3) is 0 Å². The molecule has 1 aromatic heterocycles. The third kappa shape index (κ3) is 3.94. The lowest BCUT2D eigenvalue weighted by molar-refractivity contribution is 0.291. The van der Waals surface area contributed by atoms with Gasteiger partial charge in [-0.15, -0.1) is 0 Å². The minimum absolute atomic E-state index is 0.162. The quantitative estimate of drug-likeness (QED) is 0.433. The summed E-state index contributed by atoms with van der Waals surface area (Å²) in [5.41, 5.74) is 4.90. The minimum atomic E-state index is 0.162. The normalized spacial score (nSPS) is 11.7. The summed E-state index contributed by atoms with van der Waals surface area (Å²) < 4.78 is 8.23. The molecule has 4 rings (SSSR count). The first-order valence-corrected chi connectivity index (χ1v) is 9.72. The number of nitrogens with zero attached hydrogens (tertiary/aromatic N) is 2. The van der Waals surface area contributed by atoms with E-state index < -0.39 is 0 Å². The van der Waals surface area contributed by atoms with Gasteiger partial charge in [-0.3, -0.25) is 0 Å². The van der Waals surface area contributed by atoms with Crippen molar-refractivity contribution in [3.63, 3.8) is 0 Å². The van der Waals surface area contributed by atoms with Crippen molar-refractivity contribution in [2.75, 3.05) is 0 Å². The fourth-order valence-electron chi connectivity index (χ4n) is 3.37. The molecule has 0 fully saturated rings. The Bertz CT molecular complexity index is 1060. The van der Waals surface area contributed by atoms with Crippen molar-refractivity contribution in [1.29, 1.82) is 0 Å². The molecule has 142 valence electrons. The van der Waals surface area contributed by atoms with Crippen LogP contribution in [-0.4, -0.2) is 9.55 Å². The lowest BCUT2D eigenvalue weighted by Crippen LogP contribution is -2.11. The van der Waals surface area contributed by atoms with E-state index >= 15 is 0 Å². The van der Waals surface area contributed by atoms with Crippen LogP contribution in [0, 0.1) is 0 Å². The predicted octanol–water partition coefficient (Wildman–Crippen LogP) is 5.96. The monoisotopic (exact) mass is 370 g/mol. The summed E-state index contributed by atoms with van der Waals surface area (Å²) in [6, 6.07) is 27.1. The molecule has 0 radical (unpaired) electrons. The third-order valence-corrected chi connectivity index (χ3v) is 5.01. The Morgan fingerprint density at radius 2 is 1.50 bits per heavy atom. The second kappa shape index (κ2) is 7.51. The van der Waals surface area contributed by atoms with Crippen molar-refractivity contribution in [1.82, 2.24) is 9.55 Å². The van der Waals surface area contributed by atoms with Gasteiger partial charge < -0.3 is 9.30 Å². The Balaban J connectivity index is 1.63. The van der Waals surface area contributed by atoms with Gasteiger partial charge in [0.1, 0.15) is 18.2 Å². The average molecular weight is 370 g/mol. The number of hydrogen-bond donors (Lipinski definition) is 0. The lowest BCUT2D eigenvalue weighted by Gasteiger charge is -2.19. The molecule has 3 aromatic carbocycles. The summed E-state index contributed by atoms with van der Waals surface area (Å²) >= 11 is 0. The molecule has 0 amide bonds. The van der Waals surface area contributed by atoms with Crippen molar-refractivity contribution in [3.05, 3.63) is 95.8 Å². The van der Waals surface area contributed by atoms with Crippen molar-refractivity contribution < 1.29 is 4.74 Å². The maximum Gasteiger partial charge on any atom is 0.148 e. The van der Waals surface area contributed by atoms with Gasteiger partial charge in [0, 0.05) is 6.54 Å². The molecule has 4 aromatic rings. The van der Waals surface area contributed by atoms with Crippen LogP contribution in [0.4, 0.5) is 0 Å². The lowest BCUT2D eigenvalue weighted by atomic mass is 9.87. The van der Waals surface area contributed by atoms with Gasteiger partial charge in [-0.25, -0.2) is 4.98 Å². The zero-order valence-electron chi connectivity index (χ0n) is 16.7. The summed E-state index contributed by atoms with van der Waals surface area (Å²) in [5.74, 6) is 1.79. The Morgan fingerprint density at radius 3 is 2.21 bits per heavy atom. The van der Waals surface area contributed by atoms with E-state index in [4.69, 9.17) is 9.72 Å². The highest BCUT2D eigenvalue weighted by Crippen LogP contribution is 2.24. The van der Waals surface area contributed by atoms with Gasteiger partial charge in [-0.05, 0) is 40.8 Å². The Kier molecular flexibility index (Phi) is 4.91. The second-order valence-corrected chi connectivity index (χ2v) is 8.15. The molecule has 0 unspecified atom stereocenters. The third-order valence-electron chi connectivity index (χ3n) is 5.01. The molecule has 0 atom stereocenters. The number of ether oxygens (including phenoxy) is 1. The molecule has 0 N–H and O–H groups in total. The van der Waals surface area contributed by atoms with Gasteiger partial charge in [0.05, 0.1) is 11.0 Å². The van der Waals surface area contributed by atoms with Crippen LogP contribution in [0.2, 0.25) is 0 Å². The highest BCUT2D eigenvalue weighted by molar-refractivity contribution is 5.76. The van der Waals surface area contributed by atoms with Gasteiger partial charge in [-0.1, -0.05) is 75.4 Å². The average Bonchev–Trinajstić information content (AvgIpc) is 3.04. The van der Waals surface area contributed by atoms with Gasteiger partial charge in [-0.2, -0.15) is 0 Å². The molecule has 1 heterocycles. The Labute approximate surface area is 166 Å². The number of imidazole rings is 1. The van der Waals surface area contributed by atoms with E-state index in [9.17, 15) is 0 Å². The molecule has 3 heteroatoms. The molecule has 0 spiro atoms. The van der Waals surface area contributed by atoms with Crippen LogP contribution in [0.15, 0.2) is 78.9 Å². The summed E-state index contributed by atoms with van der Waals surface area (Å²) in [7, 11) is 0. The van der Waals surface area contributed by atoms with Gasteiger partial charge >= 0.3 is 0 Å². The van der Waals surface area contributed by atoms with Crippen molar-refractivity contribution in [3.8, 4) is 5.75 Å². The van der Waals surface area contributed by atoms with Crippen molar-refractivity contribution in [2.24, 2.45) is 0 Å². The summed E-state index contributed by atoms with van der Waals surface area (Å²) in [6.45, 7) is 7.94. The highest BCUT2D eigenvalue weighted by atomic mass is 16.5. The van der Waals surface area contributed by atoms with Crippen LogP contribution >= 0.6 is 0 Å². The zero-order valence-corrected chi connectivity index (χ0v) is 16.7. The molecule has 0 aliphatic heterocycles. The van der Waals surface area contributed by atoms with Crippen molar-refractivity contribution >= 4 is 11.0 Å². The molecule has 0 bridgehead atoms. The van der Waals surface area contributed by atoms with Crippen LogP contribution in [-0.2, 0) is 18.6 Å². The van der Waals surface area contributed by atoms with Gasteiger partial charge in [0.15, 0.2) is 0 Å². The van der Waals surface area contributed by atoms with E-state index in [2.05, 4.69) is 67.8 Å². The fourth-order valence-corrected chi connectivity index (χ4v) is 3.37. The number of para-hydroxylation sites is 3. The number of fused-ring (bicyclic) bond motifs is 1. The topological polar surface area (TPSA) is 27.1 Å².